The number of hydrogen-bond acceptors (Lipinski definition) is 4. The summed E-state index contributed by atoms with van der Waals surface area (Å²) in [5.41, 5.74) is 0. The van der Waals surface area contributed by atoms with E-state index in [0.29, 0.717) is 19.1 Å². The van der Waals surface area contributed by atoms with Crippen molar-refractivity contribution < 1.29 is 8.42 Å². The topological polar surface area (TPSA) is 52.6 Å². The van der Waals surface area contributed by atoms with E-state index in [1.165, 1.54) is 32.2 Å². The van der Waals surface area contributed by atoms with Crippen LogP contribution in [0.25, 0.3) is 0 Å². The van der Waals surface area contributed by atoms with E-state index in [4.69, 9.17) is 0 Å². The zero-order chi connectivity index (χ0) is 13.9. The second-order valence-corrected chi connectivity index (χ2v) is 8.10. The third kappa shape index (κ3) is 4.70. The maximum Gasteiger partial charge on any atom is 0.211 e. The summed E-state index contributed by atoms with van der Waals surface area (Å²) in [6.45, 7) is 4.83. The Kier molecular flexibility index (Phi) is 5.22. The largest absolute Gasteiger partial charge is 0.314 e. The number of nitrogens with zero attached hydrogens (tertiary/aromatic N) is 2. The Morgan fingerprint density at radius 3 is 2.42 bits per heavy atom. The zero-order valence-electron chi connectivity index (χ0n) is 12.1. The molecule has 0 radical (unpaired) electrons. The van der Waals surface area contributed by atoms with E-state index in [-0.39, 0.29) is 0 Å². The Morgan fingerprint density at radius 2 is 1.84 bits per heavy atom. The number of piperidine rings is 2. The highest BCUT2D eigenvalue weighted by Gasteiger charge is 2.25. The summed E-state index contributed by atoms with van der Waals surface area (Å²) in [6, 6.07) is 0.491. The van der Waals surface area contributed by atoms with Crippen LogP contribution in [0.2, 0.25) is 0 Å². The van der Waals surface area contributed by atoms with Crippen LogP contribution in [-0.2, 0) is 10.0 Å². The average Bonchev–Trinajstić information content (AvgIpc) is 2.36. The van der Waals surface area contributed by atoms with Crippen LogP contribution < -0.4 is 5.32 Å². The first-order chi connectivity index (χ1) is 8.95. The molecule has 0 amide bonds. The van der Waals surface area contributed by atoms with E-state index in [2.05, 4.69) is 17.3 Å². The normalized spacial score (nSPS) is 28.6. The standard InChI is InChI=1S/C13H27N3O2S/c1-15-7-3-4-12(11-15)10-14-13-5-8-16(9-6-13)19(2,17)18/h12-14H,3-11H2,1-2H3. The van der Waals surface area contributed by atoms with E-state index in [1.54, 1.807) is 4.31 Å². The fourth-order valence-corrected chi connectivity index (χ4v) is 4.04. The van der Waals surface area contributed by atoms with Gasteiger partial charge in [-0.3, -0.25) is 0 Å². The van der Waals surface area contributed by atoms with Gasteiger partial charge >= 0.3 is 0 Å². The lowest BCUT2D eigenvalue weighted by Gasteiger charge is -2.34. The first kappa shape index (κ1) is 15.2. The molecule has 6 heteroatoms. The van der Waals surface area contributed by atoms with Gasteiger partial charge in [0, 0.05) is 25.7 Å². The molecule has 1 N–H and O–H groups in total. The van der Waals surface area contributed by atoms with Gasteiger partial charge in [0.1, 0.15) is 0 Å². The van der Waals surface area contributed by atoms with Crippen molar-refractivity contribution >= 4 is 10.0 Å². The van der Waals surface area contributed by atoms with Crippen molar-refractivity contribution in [2.45, 2.75) is 31.7 Å². The third-order valence-corrected chi connectivity index (χ3v) is 5.64. The number of hydrogen-bond donors (Lipinski definition) is 1. The molecule has 0 aromatic heterocycles. The molecule has 19 heavy (non-hydrogen) atoms. The predicted octanol–water partition coefficient (Wildman–Crippen LogP) is 0.342. The summed E-state index contributed by atoms with van der Waals surface area (Å²) < 4.78 is 24.5. The Hall–Kier alpha value is -0.170. The van der Waals surface area contributed by atoms with Crippen molar-refractivity contribution in [1.29, 1.82) is 0 Å². The van der Waals surface area contributed by atoms with E-state index in [9.17, 15) is 8.42 Å². The van der Waals surface area contributed by atoms with Crippen LogP contribution in [0, 0.1) is 5.92 Å². The summed E-state index contributed by atoms with van der Waals surface area (Å²) in [5, 5.41) is 3.64. The molecule has 1 unspecified atom stereocenters. The number of likely N-dealkylation sites (tertiary alicyclic amines) is 1. The van der Waals surface area contributed by atoms with E-state index < -0.39 is 10.0 Å². The smallest absolute Gasteiger partial charge is 0.211 e. The Labute approximate surface area is 117 Å². The van der Waals surface area contributed by atoms with Crippen LogP contribution in [0.3, 0.4) is 0 Å². The monoisotopic (exact) mass is 289 g/mol. The fourth-order valence-electron chi connectivity index (χ4n) is 3.16. The lowest BCUT2D eigenvalue weighted by atomic mass is 9.97. The van der Waals surface area contributed by atoms with Gasteiger partial charge < -0.3 is 10.2 Å². The maximum atomic E-state index is 11.4. The molecular formula is C13H27N3O2S. The van der Waals surface area contributed by atoms with Crippen LogP contribution in [-0.4, -0.2) is 69.7 Å². The molecule has 112 valence electrons. The lowest BCUT2D eigenvalue weighted by molar-refractivity contribution is 0.195. The van der Waals surface area contributed by atoms with Crippen molar-refractivity contribution in [2.24, 2.45) is 5.92 Å². The van der Waals surface area contributed by atoms with Gasteiger partial charge in [0.05, 0.1) is 6.26 Å². The van der Waals surface area contributed by atoms with Crippen LogP contribution >= 0.6 is 0 Å². The molecule has 0 aromatic carbocycles. The third-order valence-electron chi connectivity index (χ3n) is 4.34. The highest BCUT2D eigenvalue weighted by molar-refractivity contribution is 7.88. The minimum Gasteiger partial charge on any atom is -0.314 e. The molecule has 0 bridgehead atoms. The SMILES string of the molecule is CN1CCCC(CNC2CCN(S(C)(=O)=O)CC2)C1. The van der Waals surface area contributed by atoms with Gasteiger partial charge in [0.15, 0.2) is 0 Å². The number of nitrogens with one attached hydrogen (secondary N) is 1. The van der Waals surface area contributed by atoms with E-state index in [0.717, 1.165) is 25.3 Å². The molecule has 2 aliphatic rings. The molecule has 2 heterocycles. The first-order valence-corrected chi connectivity index (χ1v) is 9.17. The quantitative estimate of drug-likeness (QED) is 0.811. The average molecular weight is 289 g/mol. The molecule has 2 saturated heterocycles. The van der Waals surface area contributed by atoms with Crippen molar-refractivity contribution in [2.75, 3.05) is 46.0 Å². The van der Waals surface area contributed by atoms with Gasteiger partial charge in [-0.2, -0.15) is 0 Å². The highest BCUT2D eigenvalue weighted by Crippen LogP contribution is 2.16. The minimum atomic E-state index is -2.99. The molecule has 0 saturated carbocycles. The molecule has 0 spiro atoms. The molecule has 0 aliphatic carbocycles. The molecule has 2 aliphatic heterocycles. The zero-order valence-corrected chi connectivity index (χ0v) is 13.0. The maximum absolute atomic E-state index is 11.4. The summed E-state index contributed by atoms with van der Waals surface area (Å²) in [6.07, 6.45) is 5.80. The number of rotatable bonds is 4. The first-order valence-electron chi connectivity index (χ1n) is 7.32. The summed E-state index contributed by atoms with van der Waals surface area (Å²) in [4.78, 5) is 2.40. The van der Waals surface area contributed by atoms with E-state index in [1.807, 2.05) is 0 Å². The van der Waals surface area contributed by atoms with Crippen molar-refractivity contribution in [3.05, 3.63) is 0 Å². The highest BCUT2D eigenvalue weighted by atomic mass is 32.2. The Bertz CT molecular complexity index is 377. The van der Waals surface area contributed by atoms with Gasteiger partial charge in [0.2, 0.25) is 10.0 Å². The molecule has 5 nitrogen and oxygen atoms in total. The Morgan fingerprint density at radius 1 is 1.16 bits per heavy atom. The number of sulfonamides is 1. The molecule has 1 atom stereocenters. The van der Waals surface area contributed by atoms with Crippen LogP contribution in [0.1, 0.15) is 25.7 Å². The van der Waals surface area contributed by atoms with Gasteiger partial charge in [-0.1, -0.05) is 0 Å². The molecule has 2 fully saturated rings. The lowest BCUT2D eigenvalue weighted by Crippen LogP contribution is -2.46. The van der Waals surface area contributed by atoms with Crippen LogP contribution in [0.15, 0.2) is 0 Å². The second kappa shape index (κ2) is 6.52. The van der Waals surface area contributed by atoms with Crippen molar-refractivity contribution in [3.8, 4) is 0 Å². The van der Waals surface area contributed by atoms with Crippen molar-refractivity contribution in [1.82, 2.24) is 14.5 Å². The molecular weight excluding hydrogens is 262 g/mol. The van der Waals surface area contributed by atoms with Crippen LogP contribution in [0.4, 0.5) is 0 Å². The Balaban J connectivity index is 1.68. The molecule has 2 rings (SSSR count). The van der Waals surface area contributed by atoms with Crippen LogP contribution in [0.5, 0.6) is 0 Å². The summed E-state index contributed by atoms with van der Waals surface area (Å²) >= 11 is 0. The van der Waals surface area contributed by atoms with Gasteiger partial charge in [-0.25, -0.2) is 12.7 Å². The predicted molar refractivity (Wildman–Crippen MR) is 77.7 cm³/mol. The van der Waals surface area contributed by atoms with Crippen molar-refractivity contribution in [3.63, 3.8) is 0 Å². The minimum absolute atomic E-state index is 0.491. The molecule has 0 aromatic rings. The fraction of sp³-hybridized carbons (Fsp3) is 1.00. The summed E-state index contributed by atoms with van der Waals surface area (Å²) in [7, 11) is -0.802. The summed E-state index contributed by atoms with van der Waals surface area (Å²) in [5.74, 6) is 0.756. The van der Waals surface area contributed by atoms with Gasteiger partial charge in [-0.15, -0.1) is 0 Å². The second-order valence-electron chi connectivity index (χ2n) is 6.12. The van der Waals surface area contributed by atoms with Gasteiger partial charge in [0.25, 0.3) is 0 Å². The van der Waals surface area contributed by atoms with E-state index >= 15 is 0 Å². The van der Waals surface area contributed by atoms with Gasteiger partial charge in [-0.05, 0) is 51.7 Å².